The highest BCUT2D eigenvalue weighted by Gasteiger charge is 2.08. The van der Waals surface area contributed by atoms with Crippen molar-refractivity contribution in [1.29, 1.82) is 0 Å². The quantitative estimate of drug-likeness (QED) is 0.541. The van der Waals surface area contributed by atoms with Crippen LogP contribution < -0.4 is 0 Å². The Hall–Kier alpha value is -1.57. The molecule has 0 N–H and O–H groups in total. The van der Waals surface area contributed by atoms with Gasteiger partial charge in [0.1, 0.15) is 6.61 Å². The van der Waals surface area contributed by atoms with Gasteiger partial charge in [0.25, 0.3) is 0 Å². The van der Waals surface area contributed by atoms with E-state index in [1.807, 2.05) is 26.0 Å². The Morgan fingerprint density at radius 1 is 1.50 bits per heavy atom. The average Bonchev–Trinajstić information content (AvgIpc) is 2.14. The van der Waals surface area contributed by atoms with Crippen molar-refractivity contribution < 1.29 is 9.53 Å². The average molecular weight is 190 g/mol. The number of carbonyl (C=O) groups excluding carboxylic acids is 1. The lowest BCUT2D eigenvalue weighted by Crippen LogP contribution is -2.06. The second-order valence-electron chi connectivity index (χ2n) is 3.21. The van der Waals surface area contributed by atoms with Gasteiger partial charge in [0.15, 0.2) is 0 Å². The van der Waals surface area contributed by atoms with Gasteiger partial charge in [0.2, 0.25) is 0 Å². The minimum absolute atomic E-state index is 0.256. The molecule has 1 aromatic rings. The summed E-state index contributed by atoms with van der Waals surface area (Å²) in [6.07, 6.45) is 1.56. The fourth-order valence-electron chi connectivity index (χ4n) is 1.25. The second kappa shape index (κ2) is 4.61. The van der Waals surface area contributed by atoms with Crippen LogP contribution in [0.3, 0.4) is 0 Å². The number of ether oxygens (including phenoxy) is 1. The van der Waals surface area contributed by atoms with E-state index in [1.165, 1.54) is 0 Å². The molecule has 14 heavy (non-hydrogen) atoms. The molecule has 0 radical (unpaired) electrons. The van der Waals surface area contributed by atoms with Gasteiger partial charge in [0.05, 0.1) is 5.56 Å². The van der Waals surface area contributed by atoms with E-state index in [0.29, 0.717) is 5.56 Å². The van der Waals surface area contributed by atoms with Crippen LogP contribution in [0.2, 0.25) is 0 Å². The Labute approximate surface area is 84.2 Å². The van der Waals surface area contributed by atoms with E-state index in [2.05, 4.69) is 6.58 Å². The highest BCUT2D eigenvalue weighted by atomic mass is 16.5. The molecule has 0 unspecified atom stereocenters. The van der Waals surface area contributed by atoms with Crippen LogP contribution in [0.25, 0.3) is 0 Å². The van der Waals surface area contributed by atoms with Crippen LogP contribution in [0.1, 0.15) is 21.5 Å². The molecule has 74 valence electrons. The molecule has 0 atom stereocenters. The zero-order valence-electron chi connectivity index (χ0n) is 8.54. The van der Waals surface area contributed by atoms with E-state index < -0.39 is 0 Å². The van der Waals surface area contributed by atoms with Crippen molar-refractivity contribution in [2.24, 2.45) is 0 Å². The number of esters is 1. The maximum Gasteiger partial charge on any atom is 0.338 e. The molecule has 0 bridgehead atoms. The van der Waals surface area contributed by atoms with Crippen molar-refractivity contribution in [3.8, 4) is 0 Å². The van der Waals surface area contributed by atoms with Crippen LogP contribution in [0.4, 0.5) is 0 Å². The topological polar surface area (TPSA) is 26.3 Å². The molecule has 1 aromatic carbocycles. The van der Waals surface area contributed by atoms with Crippen molar-refractivity contribution in [3.63, 3.8) is 0 Å². The molecule has 0 heterocycles. The van der Waals surface area contributed by atoms with Crippen LogP contribution in [0.15, 0.2) is 30.9 Å². The lowest BCUT2D eigenvalue weighted by molar-refractivity contribution is 0.0549. The lowest BCUT2D eigenvalue weighted by atomic mass is 10.1. The van der Waals surface area contributed by atoms with Gasteiger partial charge in [-0.1, -0.05) is 30.4 Å². The first-order valence-electron chi connectivity index (χ1n) is 4.50. The molecule has 0 aliphatic rings. The zero-order chi connectivity index (χ0) is 10.6. The number of hydrogen-bond acceptors (Lipinski definition) is 2. The van der Waals surface area contributed by atoms with Gasteiger partial charge in [-0.2, -0.15) is 0 Å². The summed E-state index contributed by atoms with van der Waals surface area (Å²) in [5.41, 5.74) is 2.71. The Morgan fingerprint density at radius 3 is 2.79 bits per heavy atom. The largest absolute Gasteiger partial charge is 0.458 e. The van der Waals surface area contributed by atoms with E-state index in [4.69, 9.17) is 4.74 Å². The minimum atomic E-state index is -0.289. The Morgan fingerprint density at radius 2 is 2.21 bits per heavy atom. The highest BCUT2D eigenvalue weighted by molar-refractivity contribution is 5.91. The van der Waals surface area contributed by atoms with Gasteiger partial charge in [-0.05, 0) is 25.5 Å². The van der Waals surface area contributed by atoms with E-state index in [-0.39, 0.29) is 12.6 Å². The van der Waals surface area contributed by atoms with E-state index in [1.54, 1.807) is 12.1 Å². The summed E-state index contributed by atoms with van der Waals surface area (Å²) >= 11 is 0. The van der Waals surface area contributed by atoms with Crippen molar-refractivity contribution in [1.82, 2.24) is 0 Å². The monoisotopic (exact) mass is 190 g/mol. The van der Waals surface area contributed by atoms with Gasteiger partial charge in [-0.15, -0.1) is 0 Å². The van der Waals surface area contributed by atoms with E-state index >= 15 is 0 Å². The summed E-state index contributed by atoms with van der Waals surface area (Å²) in [6.45, 7) is 7.63. The fraction of sp³-hybridized carbons (Fsp3) is 0.250. The number of benzene rings is 1. The molecular formula is C12H14O2. The maximum atomic E-state index is 11.5. The Kier molecular flexibility index (Phi) is 3.46. The third kappa shape index (κ3) is 2.46. The maximum absolute atomic E-state index is 11.5. The molecule has 0 amide bonds. The van der Waals surface area contributed by atoms with E-state index in [0.717, 1.165) is 11.1 Å². The van der Waals surface area contributed by atoms with Crippen molar-refractivity contribution >= 4 is 5.97 Å². The highest BCUT2D eigenvalue weighted by Crippen LogP contribution is 2.11. The first kappa shape index (κ1) is 10.5. The van der Waals surface area contributed by atoms with Crippen LogP contribution >= 0.6 is 0 Å². The van der Waals surface area contributed by atoms with E-state index in [9.17, 15) is 4.79 Å². The second-order valence-corrected chi connectivity index (χ2v) is 3.21. The molecule has 0 saturated heterocycles. The molecule has 0 spiro atoms. The zero-order valence-corrected chi connectivity index (χ0v) is 8.54. The molecule has 2 nitrogen and oxygen atoms in total. The molecule has 0 aliphatic carbocycles. The minimum Gasteiger partial charge on any atom is -0.458 e. The number of aryl methyl sites for hydroxylation is 2. The van der Waals surface area contributed by atoms with Gasteiger partial charge in [-0.25, -0.2) is 4.79 Å². The molecule has 1 rings (SSSR count). The molecule has 0 saturated carbocycles. The summed E-state index contributed by atoms with van der Waals surface area (Å²) in [5, 5.41) is 0. The number of hydrogen-bond donors (Lipinski definition) is 0. The van der Waals surface area contributed by atoms with Gasteiger partial charge < -0.3 is 4.74 Å². The Bertz CT molecular complexity index is 353. The van der Waals surface area contributed by atoms with Crippen molar-refractivity contribution in [2.75, 3.05) is 6.61 Å². The summed E-state index contributed by atoms with van der Waals surface area (Å²) < 4.78 is 4.94. The SMILES string of the molecule is C=CCOC(=O)c1ccc(C)cc1C. The third-order valence-corrected chi connectivity index (χ3v) is 1.93. The van der Waals surface area contributed by atoms with Crippen LogP contribution in [-0.2, 0) is 4.74 Å². The van der Waals surface area contributed by atoms with Gasteiger partial charge in [0, 0.05) is 0 Å². The molecule has 0 aliphatic heterocycles. The standard InChI is InChI=1S/C12H14O2/c1-4-7-14-12(13)11-6-5-9(2)8-10(11)3/h4-6,8H,1,7H2,2-3H3. The summed E-state index contributed by atoms with van der Waals surface area (Å²) in [6, 6.07) is 5.65. The van der Waals surface area contributed by atoms with Gasteiger partial charge >= 0.3 is 5.97 Å². The van der Waals surface area contributed by atoms with Gasteiger partial charge in [-0.3, -0.25) is 0 Å². The predicted octanol–water partition coefficient (Wildman–Crippen LogP) is 2.65. The van der Waals surface area contributed by atoms with Crippen LogP contribution in [0.5, 0.6) is 0 Å². The third-order valence-electron chi connectivity index (χ3n) is 1.93. The first-order valence-corrected chi connectivity index (χ1v) is 4.50. The Balaban J connectivity index is 2.84. The normalized spacial score (nSPS) is 9.57. The number of carbonyl (C=O) groups is 1. The van der Waals surface area contributed by atoms with Crippen LogP contribution in [-0.4, -0.2) is 12.6 Å². The lowest BCUT2D eigenvalue weighted by Gasteiger charge is -2.05. The first-order chi connectivity index (χ1) is 6.65. The predicted molar refractivity (Wildman–Crippen MR) is 56.4 cm³/mol. The van der Waals surface area contributed by atoms with Crippen molar-refractivity contribution in [2.45, 2.75) is 13.8 Å². The molecular weight excluding hydrogens is 176 g/mol. The molecule has 0 fully saturated rings. The molecule has 0 aromatic heterocycles. The fourth-order valence-corrected chi connectivity index (χ4v) is 1.25. The summed E-state index contributed by atoms with van der Waals surface area (Å²) in [5.74, 6) is -0.289. The molecule has 2 heteroatoms. The van der Waals surface area contributed by atoms with Crippen molar-refractivity contribution in [3.05, 3.63) is 47.5 Å². The summed E-state index contributed by atoms with van der Waals surface area (Å²) in [4.78, 5) is 11.5. The van der Waals surface area contributed by atoms with Crippen LogP contribution in [0, 0.1) is 13.8 Å². The number of rotatable bonds is 3. The summed E-state index contributed by atoms with van der Waals surface area (Å²) in [7, 11) is 0. The smallest absolute Gasteiger partial charge is 0.338 e.